The molecule has 0 saturated heterocycles. The van der Waals surface area contributed by atoms with Crippen LogP contribution in [-0.4, -0.2) is 64.6 Å². The monoisotopic (exact) mass is 516 g/mol. The first-order chi connectivity index (χ1) is 17.5. The Balaban J connectivity index is 2.18. The van der Waals surface area contributed by atoms with Crippen LogP contribution in [0.3, 0.4) is 0 Å². The van der Waals surface area contributed by atoms with Crippen LogP contribution in [0.1, 0.15) is 72.4 Å². The van der Waals surface area contributed by atoms with Crippen molar-refractivity contribution in [2.45, 2.75) is 84.7 Å². The maximum atomic E-state index is 13.3. The number of carbonyl (C=O) groups excluding carboxylic acids is 1. The normalized spacial score (nSPS) is 14.4. The zero-order valence-corrected chi connectivity index (χ0v) is 23.1. The molecule has 1 heterocycles. The van der Waals surface area contributed by atoms with Crippen LogP contribution >= 0.6 is 0 Å². The highest BCUT2D eigenvalue weighted by molar-refractivity contribution is 5.85. The number of nitrogens with one attached hydrogen (secondary N) is 1. The van der Waals surface area contributed by atoms with E-state index in [0.717, 1.165) is 16.5 Å². The van der Waals surface area contributed by atoms with Crippen molar-refractivity contribution in [3.05, 3.63) is 42.1 Å². The Morgan fingerprint density at radius 1 is 1.11 bits per heavy atom. The highest BCUT2D eigenvalue weighted by atomic mass is 16.7. The first-order valence-electron chi connectivity index (χ1n) is 13.1. The summed E-state index contributed by atoms with van der Waals surface area (Å²) in [5.41, 5.74) is 7.48. The number of pyridine rings is 1. The number of hydrogen-bond acceptors (Lipinski definition) is 6. The van der Waals surface area contributed by atoms with Crippen LogP contribution in [0, 0.1) is 5.92 Å². The first kappa shape index (κ1) is 30.5. The van der Waals surface area contributed by atoms with Gasteiger partial charge in [-0.05, 0) is 59.9 Å². The van der Waals surface area contributed by atoms with Crippen molar-refractivity contribution in [3.8, 4) is 0 Å². The molecule has 0 fully saturated rings. The molecule has 0 aliphatic carbocycles. The van der Waals surface area contributed by atoms with Crippen LogP contribution in [0.15, 0.2) is 36.5 Å². The molecule has 1 aromatic carbocycles. The minimum atomic E-state index is -0.951. The Kier molecular flexibility index (Phi) is 11.7. The molecule has 0 aliphatic rings. The van der Waals surface area contributed by atoms with Crippen molar-refractivity contribution in [2.24, 2.45) is 11.7 Å². The van der Waals surface area contributed by atoms with Crippen molar-refractivity contribution < 1.29 is 24.2 Å². The summed E-state index contributed by atoms with van der Waals surface area (Å²) < 4.78 is 11.7. The zero-order valence-electron chi connectivity index (χ0n) is 23.1. The molecule has 9 heteroatoms. The summed E-state index contributed by atoms with van der Waals surface area (Å²) in [5, 5.41) is 13.6. The molecule has 206 valence electrons. The molecule has 3 atom stereocenters. The lowest BCUT2D eigenvalue weighted by Crippen LogP contribution is -2.46. The van der Waals surface area contributed by atoms with Gasteiger partial charge in [-0.1, -0.05) is 31.2 Å². The largest absolute Gasteiger partial charge is 0.465 e. The standard InChI is InChI=1S/C28H44N4O5/c1-7-36-26(37-8-2)19(3)23(21-15-11-13-20-14-12-17-30-24(20)21)31-25(33)22(29)16-9-10-18-32(27(34)35)28(4,5)6/h11-15,17,19,22-23,26H,7-10,16,18,29H2,1-6H3,(H,31,33)(H,34,35)/t19-,22?,23-/m0/s1. The van der Waals surface area contributed by atoms with E-state index in [1.54, 1.807) is 6.20 Å². The SMILES string of the molecule is CCOC(OCC)[C@@H](C)[C@H](NC(=O)C(N)CCCCN(C(=O)O)C(C)(C)C)c1cccc2cccnc12. The summed E-state index contributed by atoms with van der Waals surface area (Å²) in [7, 11) is 0. The molecular formula is C28H44N4O5. The minimum Gasteiger partial charge on any atom is -0.465 e. The molecule has 0 bridgehead atoms. The fourth-order valence-corrected chi connectivity index (χ4v) is 4.45. The molecule has 0 saturated carbocycles. The van der Waals surface area contributed by atoms with E-state index in [9.17, 15) is 14.7 Å². The number of hydrogen-bond donors (Lipinski definition) is 3. The summed E-state index contributed by atoms with van der Waals surface area (Å²) in [6.45, 7) is 12.7. The molecule has 0 radical (unpaired) electrons. The Morgan fingerprint density at radius 2 is 1.76 bits per heavy atom. The number of amides is 2. The quantitative estimate of drug-likeness (QED) is 0.245. The Morgan fingerprint density at radius 3 is 2.35 bits per heavy atom. The van der Waals surface area contributed by atoms with Gasteiger partial charge < -0.3 is 30.5 Å². The third-order valence-electron chi connectivity index (χ3n) is 6.44. The lowest BCUT2D eigenvalue weighted by Gasteiger charge is -2.33. The second-order valence-electron chi connectivity index (χ2n) is 10.3. The van der Waals surface area contributed by atoms with Gasteiger partial charge in [-0.25, -0.2) is 4.79 Å². The summed E-state index contributed by atoms with van der Waals surface area (Å²) in [5.74, 6) is -0.498. The predicted molar refractivity (Wildman–Crippen MR) is 145 cm³/mol. The van der Waals surface area contributed by atoms with Crippen LogP contribution < -0.4 is 11.1 Å². The number of rotatable bonds is 14. The summed E-state index contributed by atoms with van der Waals surface area (Å²) in [6, 6.07) is 8.60. The zero-order chi connectivity index (χ0) is 27.6. The minimum absolute atomic E-state index is 0.223. The van der Waals surface area contributed by atoms with Gasteiger partial charge in [-0.3, -0.25) is 9.78 Å². The molecule has 0 aliphatic heterocycles. The number of para-hydroxylation sites is 1. The number of unbranched alkanes of at least 4 members (excludes halogenated alkanes) is 1. The summed E-state index contributed by atoms with van der Waals surface area (Å²) >= 11 is 0. The van der Waals surface area contributed by atoms with E-state index in [4.69, 9.17) is 15.2 Å². The number of ether oxygens (including phenoxy) is 2. The molecule has 37 heavy (non-hydrogen) atoms. The van der Waals surface area contributed by atoms with Gasteiger partial charge in [0.15, 0.2) is 6.29 Å². The van der Waals surface area contributed by atoms with Gasteiger partial charge in [-0.2, -0.15) is 0 Å². The van der Waals surface area contributed by atoms with E-state index in [1.807, 2.05) is 71.9 Å². The van der Waals surface area contributed by atoms with Crippen LogP contribution in [0.25, 0.3) is 10.9 Å². The smallest absolute Gasteiger partial charge is 0.407 e. The number of aromatic nitrogens is 1. The van der Waals surface area contributed by atoms with Gasteiger partial charge in [0.05, 0.1) is 17.6 Å². The van der Waals surface area contributed by atoms with Gasteiger partial charge in [0.25, 0.3) is 0 Å². The third kappa shape index (κ3) is 8.66. The molecular weight excluding hydrogens is 472 g/mol. The highest BCUT2D eigenvalue weighted by Gasteiger charge is 2.32. The Bertz CT molecular complexity index is 998. The summed E-state index contributed by atoms with van der Waals surface area (Å²) in [4.78, 5) is 30.8. The lowest BCUT2D eigenvalue weighted by atomic mass is 9.91. The number of fused-ring (bicyclic) bond motifs is 1. The summed E-state index contributed by atoms with van der Waals surface area (Å²) in [6.07, 6.45) is 1.96. The van der Waals surface area contributed by atoms with Crippen molar-refractivity contribution in [3.63, 3.8) is 0 Å². The fourth-order valence-electron chi connectivity index (χ4n) is 4.45. The molecule has 2 aromatic rings. The van der Waals surface area contributed by atoms with Gasteiger partial charge in [-0.15, -0.1) is 0 Å². The van der Waals surface area contributed by atoms with E-state index < -0.39 is 30.0 Å². The maximum Gasteiger partial charge on any atom is 0.407 e. The van der Waals surface area contributed by atoms with Crippen LogP contribution in [0.4, 0.5) is 4.79 Å². The Labute approximate surface area is 220 Å². The first-order valence-corrected chi connectivity index (χ1v) is 13.1. The molecule has 9 nitrogen and oxygen atoms in total. The number of nitrogens with two attached hydrogens (primary N) is 1. The van der Waals surface area contributed by atoms with Crippen molar-refractivity contribution in [1.29, 1.82) is 0 Å². The van der Waals surface area contributed by atoms with Crippen LogP contribution in [0.5, 0.6) is 0 Å². The van der Waals surface area contributed by atoms with E-state index in [1.165, 1.54) is 4.90 Å². The van der Waals surface area contributed by atoms with Gasteiger partial charge in [0, 0.05) is 48.4 Å². The average Bonchev–Trinajstić information content (AvgIpc) is 2.85. The van der Waals surface area contributed by atoms with E-state index in [-0.39, 0.29) is 11.8 Å². The predicted octanol–water partition coefficient (Wildman–Crippen LogP) is 4.70. The number of carboxylic acid groups (broad SMARTS) is 1. The van der Waals surface area contributed by atoms with E-state index in [2.05, 4.69) is 10.3 Å². The van der Waals surface area contributed by atoms with E-state index >= 15 is 0 Å². The van der Waals surface area contributed by atoms with Gasteiger partial charge in [0.2, 0.25) is 5.91 Å². The second kappa shape index (κ2) is 14.3. The fraction of sp³-hybridized carbons (Fsp3) is 0.607. The molecule has 2 rings (SSSR count). The maximum absolute atomic E-state index is 13.3. The van der Waals surface area contributed by atoms with E-state index in [0.29, 0.717) is 39.0 Å². The number of nitrogens with zero attached hydrogens (tertiary/aromatic N) is 2. The third-order valence-corrected chi connectivity index (χ3v) is 6.44. The number of benzene rings is 1. The van der Waals surface area contributed by atoms with Gasteiger partial charge >= 0.3 is 6.09 Å². The highest BCUT2D eigenvalue weighted by Crippen LogP contribution is 2.31. The molecule has 1 aromatic heterocycles. The molecule has 2 amide bonds. The molecule has 1 unspecified atom stereocenters. The van der Waals surface area contributed by atoms with Crippen molar-refractivity contribution in [2.75, 3.05) is 19.8 Å². The van der Waals surface area contributed by atoms with Crippen LogP contribution in [0.2, 0.25) is 0 Å². The van der Waals surface area contributed by atoms with Gasteiger partial charge in [0.1, 0.15) is 0 Å². The molecule has 0 spiro atoms. The van der Waals surface area contributed by atoms with Crippen LogP contribution in [-0.2, 0) is 14.3 Å². The number of carbonyl (C=O) groups is 2. The Hall–Kier alpha value is -2.75. The second-order valence-corrected chi connectivity index (χ2v) is 10.3. The van der Waals surface area contributed by atoms with Crippen molar-refractivity contribution in [1.82, 2.24) is 15.2 Å². The lowest BCUT2D eigenvalue weighted by molar-refractivity contribution is -0.170. The van der Waals surface area contributed by atoms with Crippen molar-refractivity contribution >= 4 is 22.9 Å². The topological polar surface area (TPSA) is 127 Å². The molecule has 4 N–H and O–H groups in total. The average molecular weight is 517 g/mol.